The number of carbonyl (C=O) groups is 4. The third kappa shape index (κ3) is 7.06. The second-order valence-corrected chi connectivity index (χ2v) is 9.34. The van der Waals surface area contributed by atoms with Crippen LogP contribution in [0.3, 0.4) is 0 Å². The molecule has 14 heteroatoms. The predicted octanol–water partition coefficient (Wildman–Crippen LogP) is 1.82. The highest BCUT2D eigenvalue weighted by atomic mass is 16.7. The lowest BCUT2D eigenvalue weighted by molar-refractivity contribution is -0.247. The quantitative estimate of drug-likeness (QED) is 0.205. The SMILES string of the molecule is O=C(OC[C@H]1O[C@@](O)(COC(=O)c2cccnc2)[C@@H](OC(=O)c2cccnc2)[C@@H]1OC(=O)c1cccnc1)c1cccnc1. The van der Waals surface area contributed by atoms with Gasteiger partial charge in [-0.3, -0.25) is 19.9 Å². The average molecular weight is 601 g/mol. The Kier molecular flexibility index (Phi) is 9.22. The van der Waals surface area contributed by atoms with E-state index < -0.39 is 61.2 Å². The minimum absolute atomic E-state index is 0.00555. The summed E-state index contributed by atoms with van der Waals surface area (Å²) in [6.07, 6.45) is 6.08. The van der Waals surface area contributed by atoms with Gasteiger partial charge in [0.1, 0.15) is 19.3 Å². The second kappa shape index (κ2) is 13.6. The van der Waals surface area contributed by atoms with Crippen molar-refractivity contribution in [3.63, 3.8) is 0 Å². The lowest BCUT2D eigenvalue weighted by atomic mass is 10.0. The summed E-state index contributed by atoms with van der Waals surface area (Å²) in [5.41, 5.74) is 0.231. The molecule has 0 radical (unpaired) electrons. The summed E-state index contributed by atoms with van der Waals surface area (Å²) < 4.78 is 27.8. The van der Waals surface area contributed by atoms with E-state index in [9.17, 15) is 24.3 Å². The van der Waals surface area contributed by atoms with Crippen molar-refractivity contribution in [2.75, 3.05) is 13.2 Å². The average Bonchev–Trinajstić information content (AvgIpc) is 3.33. The second-order valence-electron chi connectivity index (χ2n) is 9.34. The first-order valence-electron chi connectivity index (χ1n) is 13.1. The van der Waals surface area contributed by atoms with Gasteiger partial charge in [0.25, 0.3) is 0 Å². The maximum absolute atomic E-state index is 13.1. The number of aromatic nitrogens is 4. The Morgan fingerprint density at radius 2 is 1.09 bits per heavy atom. The van der Waals surface area contributed by atoms with Crippen molar-refractivity contribution in [2.24, 2.45) is 0 Å². The van der Waals surface area contributed by atoms with Gasteiger partial charge in [-0.05, 0) is 48.5 Å². The Morgan fingerprint density at radius 3 is 1.55 bits per heavy atom. The Labute approximate surface area is 249 Å². The molecule has 0 aromatic carbocycles. The van der Waals surface area contributed by atoms with Gasteiger partial charge in [0.15, 0.2) is 12.2 Å². The van der Waals surface area contributed by atoms with Crippen LogP contribution in [-0.2, 0) is 23.7 Å². The molecule has 0 saturated carbocycles. The van der Waals surface area contributed by atoms with Crippen molar-refractivity contribution in [1.82, 2.24) is 19.9 Å². The number of ether oxygens (including phenoxy) is 5. The molecule has 0 bridgehead atoms. The molecule has 1 aliphatic rings. The third-order valence-electron chi connectivity index (χ3n) is 6.32. The number of hydrogen-bond acceptors (Lipinski definition) is 14. The first-order chi connectivity index (χ1) is 21.3. The number of rotatable bonds is 10. The van der Waals surface area contributed by atoms with Crippen LogP contribution in [0.4, 0.5) is 0 Å². The van der Waals surface area contributed by atoms with Gasteiger partial charge in [-0.1, -0.05) is 0 Å². The van der Waals surface area contributed by atoms with E-state index in [1.165, 1.54) is 98.1 Å². The molecule has 0 unspecified atom stereocenters. The molecule has 1 fully saturated rings. The standard InChI is InChI=1S/C30H24N4O10/c35-26(19-5-1-9-31-13-19)40-17-23-24(42-28(37)21-7-3-11-33-15-21)25(43-29(38)22-8-4-12-34-16-22)30(39,44-23)18-41-27(36)20-6-2-10-32-14-20/h1-16,23-25,39H,17-18H2/t23-,24-,25+,30+/m1/s1. The molecular formula is C30H24N4O10. The molecule has 1 saturated heterocycles. The van der Waals surface area contributed by atoms with Gasteiger partial charge in [-0.25, -0.2) is 19.2 Å². The lowest BCUT2D eigenvalue weighted by Crippen LogP contribution is -2.51. The highest BCUT2D eigenvalue weighted by Gasteiger charge is 2.60. The Morgan fingerprint density at radius 1 is 0.659 bits per heavy atom. The van der Waals surface area contributed by atoms with E-state index in [1.54, 1.807) is 0 Å². The molecule has 44 heavy (non-hydrogen) atoms. The maximum atomic E-state index is 13.1. The number of carbonyl (C=O) groups excluding carboxylic acids is 4. The molecule has 4 aromatic heterocycles. The fourth-order valence-corrected chi connectivity index (χ4v) is 4.19. The van der Waals surface area contributed by atoms with Crippen LogP contribution in [0.1, 0.15) is 41.4 Å². The molecule has 5 rings (SSSR count). The largest absolute Gasteiger partial charge is 0.459 e. The Hall–Kier alpha value is -5.60. The summed E-state index contributed by atoms with van der Waals surface area (Å²) in [5.74, 6) is -6.10. The molecule has 1 N–H and O–H groups in total. The first-order valence-corrected chi connectivity index (χ1v) is 13.1. The number of nitrogens with zero attached hydrogens (tertiary/aromatic N) is 4. The van der Waals surface area contributed by atoms with Crippen LogP contribution in [0, 0.1) is 0 Å². The van der Waals surface area contributed by atoms with Crippen molar-refractivity contribution < 1.29 is 48.0 Å². The van der Waals surface area contributed by atoms with Crippen molar-refractivity contribution in [3.8, 4) is 0 Å². The maximum Gasteiger partial charge on any atom is 0.340 e. The molecular weight excluding hydrogens is 576 g/mol. The van der Waals surface area contributed by atoms with Gasteiger partial charge in [0.2, 0.25) is 5.79 Å². The van der Waals surface area contributed by atoms with E-state index in [0.29, 0.717) is 0 Å². The molecule has 1 aliphatic heterocycles. The summed E-state index contributed by atoms with van der Waals surface area (Å²) in [7, 11) is 0. The Bertz CT molecular complexity index is 1600. The fraction of sp³-hybridized carbons (Fsp3) is 0.200. The minimum atomic E-state index is -2.57. The smallest absolute Gasteiger partial charge is 0.340 e. The van der Waals surface area contributed by atoms with Crippen molar-refractivity contribution in [3.05, 3.63) is 120 Å². The lowest BCUT2D eigenvalue weighted by Gasteiger charge is -2.29. The van der Waals surface area contributed by atoms with Gasteiger partial charge in [-0.2, -0.15) is 0 Å². The highest BCUT2D eigenvalue weighted by Crippen LogP contribution is 2.36. The van der Waals surface area contributed by atoms with Gasteiger partial charge < -0.3 is 28.8 Å². The minimum Gasteiger partial charge on any atom is -0.459 e. The number of aliphatic hydroxyl groups is 1. The van der Waals surface area contributed by atoms with Crippen LogP contribution in [0.5, 0.6) is 0 Å². The summed E-state index contributed by atoms with van der Waals surface area (Å²) >= 11 is 0. The van der Waals surface area contributed by atoms with Gasteiger partial charge in [0, 0.05) is 49.6 Å². The molecule has 0 amide bonds. The van der Waals surface area contributed by atoms with Crippen molar-refractivity contribution in [2.45, 2.75) is 24.1 Å². The highest BCUT2D eigenvalue weighted by molar-refractivity contribution is 5.91. The van der Waals surface area contributed by atoms with Gasteiger partial charge >= 0.3 is 23.9 Å². The fourth-order valence-electron chi connectivity index (χ4n) is 4.19. The van der Waals surface area contributed by atoms with E-state index >= 15 is 0 Å². The monoisotopic (exact) mass is 600 g/mol. The molecule has 0 aliphatic carbocycles. The topological polar surface area (TPSA) is 186 Å². The summed E-state index contributed by atoms with van der Waals surface area (Å²) in [4.78, 5) is 67.1. The van der Waals surface area contributed by atoms with E-state index in [2.05, 4.69) is 19.9 Å². The third-order valence-corrected chi connectivity index (χ3v) is 6.32. The zero-order valence-corrected chi connectivity index (χ0v) is 22.8. The van der Waals surface area contributed by atoms with E-state index in [1.807, 2.05) is 0 Å². The van der Waals surface area contributed by atoms with Crippen LogP contribution in [0.15, 0.2) is 98.1 Å². The molecule has 5 heterocycles. The van der Waals surface area contributed by atoms with E-state index in [4.69, 9.17) is 23.7 Å². The molecule has 4 aromatic rings. The van der Waals surface area contributed by atoms with Crippen molar-refractivity contribution >= 4 is 23.9 Å². The molecule has 4 atom stereocenters. The van der Waals surface area contributed by atoms with E-state index in [-0.39, 0.29) is 22.3 Å². The predicted molar refractivity (Wildman–Crippen MR) is 146 cm³/mol. The Balaban J connectivity index is 1.44. The molecule has 0 spiro atoms. The molecule has 224 valence electrons. The number of pyridine rings is 4. The van der Waals surface area contributed by atoms with Crippen LogP contribution in [0.25, 0.3) is 0 Å². The summed E-state index contributed by atoms with van der Waals surface area (Å²) in [6.45, 7) is -1.45. The van der Waals surface area contributed by atoms with Crippen LogP contribution in [-0.4, -0.2) is 86.2 Å². The van der Waals surface area contributed by atoms with Crippen molar-refractivity contribution in [1.29, 1.82) is 0 Å². The zero-order valence-electron chi connectivity index (χ0n) is 22.8. The van der Waals surface area contributed by atoms with Gasteiger partial charge in [-0.15, -0.1) is 0 Å². The summed E-state index contributed by atoms with van der Waals surface area (Å²) in [6, 6.07) is 11.8. The van der Waals surface area contributed by atoms with Crippen LogP contribution >= 0.6 is 0 Å². The first kappa shape index (κ1) is 29.9. The molecule has 14 nitrogen and oxygen atoms in total. The van der Waals surface area contributed by atoms with Crippen LogP contribution < -0.4 is 0 Å². The van der Waals surface area contributed by atoms with E-state index in [0.717, 1.165) is 0 Å². The zero-order chi connectivity index (χ0) is 30.9. The van der Waals surface area contributed by atoms with Gasteiger partial charge in [0.05, 0.1) is 22.3 Å². The normalized spacial score (nSPS) is 20.7. The number of hydrogen-bond donors (Lipinski definition) is 1. The summed E-state index contributed by atoms with van der Waals surface area (Å²) in [5, 5.41) is 11.7. The number of esters is 4. The van der Waals surface area contributed by atoms with Crippen LogP contribution in [0.2, 0.25) is 0 Å².